The summed E-state index contributed by atoms with van der Waals surface area (Å²) in [7, 11) is 1.64. The largest absolute Gasteiger partial charge is 0.348 e. The second kappa shape index (κ2) is 8.55. The molecule has 114 valence electrons. The van der Waals surface area contributed by atoms with Crippen LogP contribution in [0, 0.1) is 0 Å². The molecule has 1 N–H and O–H groups in total. The number of unbranched alkanes of at least 4 members (excludes halogenated alkanes) is 1. The Balaban J connectivity index is 2.15. The Morgan fingerprint density at radius 1 is 1.35 bits per heavy atom. The Hall–Kier alpha value is -1.59. The lowest BCUT2D eigenvalue weighted by molar-refractivity contribution is -0.145. The van der Waals surface area contributed by atoms with E-state index in [9.17, 15) is 14.4 Å². The van der Waals surface area contributed by atoms with E-state index in [2.05, 4.69) is 5.32 Å². The number of nitrogens with one attached hydrogen (secondary N) is 1. The van der Waals surface area contributed by atoms with Gasteiger partial charge in [0.2, 0.25) is 5.91 Å². The molecule has 0 aliphatic carbocycles. The maximum atomic E-state index is 11.7. The molecule has 0 aromatic rings. The summed E-state index contributed by atoms with van der Waals surface area (Å²) < 4.78 is 0. The fourth-order valence-electron chi connectivity index (χ4n) is 2.16. The number of amides is 3. The van der Waals surface area contributed by atoms with Crippen LogP contribution in [0.25, 0.3) is 0 Å². The number of rotatable bonds is 7. The fraction of sp³-hybridized carbons (Fsp3) is 0.786. The van der Waals surface area contributed by atoms with E-state index in [1.54, 1.807) is 11.9 Å². The van der Waals surface area contributed by atoms with Crippen molar-refractivity contribution in [3.8, 4) is 0 Å². The molecular weight excluding hydrogens is 258 g/mol. The second-order valence-electron chi connectivity index (χ2n) is 5.17. The zero-order chi connectivity index (χ0) is 15.0. The molecular formula is C14H25N3O3. The third kappa shape index (κ3) is 5.19. The minimum Gasteiger partial charge on any atom is -0.348 e. The molecule has 0 saturated carbocycles. The van der Waals surface area contributed by atoms with Gasteiger partial charge in [-0.1, -0.05) is 13.3 Å². The van der Waals surface area contributed by atoms with E-state index in [0.717, 1.165) is 25.8 Å². The van der Waals surface area contributed by atoms with Crippen LogP contribution >= 0.6 is 0 Å². The Morgan fingerprint density at radius 3 is 2.70 bits per heavy atom. The quantitative estimate of drug-likeness (QED) is 0.542. The summed E-state index contributed by atoms with van der Waals surface area (Å²) in [5, 5.41) is 2.61. The second-order valence-corrected chi connectivity index (χ2v) is 5.17. The standard InChI is InChI=1S/C14H25N3O3/c1-3-4-9-16(2)14(20)13(19)15-8-6-11-17-10-5-7-12(17)18/h3-11H2,1-2H3,(H,15,19). The van der Waals surface area contributed by atoms with Gasteiger partial charge in [0.25, 0.3) is 0 Å². The molecule has 1 rings (SSSR count). The van der Waals surface area contributed by atoms with Gasteiger partial charge in [-0.3, -0.25) is 14.4 Å². The first kappa shape index (κ1) is 16.5. The summed E-state index contributed by atoms with van der Waals surface area (Å²) in [5.41, 5.74) is 0. The highest BCUT2D eigenvalue weighted by atomic mass is 16.2. The molecule has 3 amide bonds. The molecule has 6 heteroatoms. The Labute approximate surface area is 120 Å². The van der Waals surface area contributed by atoms with E-state index < -0.39 is 11.8 Å². The van der Waals surface area contributed by atoms with Crippen molar-refractivity contribution in [2.45, 2.75) is 39.0 Å². The average Bonchev–Trinajstić information content (AvgIpc) is 2.85. The van der Waals surface area contributed by atoms with E-state index in [1.807, 2.05) is 6.92 Å². The summed E-state index contributed by atoms with van der Waals surface area (Å²) >= 11 is 0. The van der Waals surface area contributed by atoms with Crippen LogP contribution in [-0.4, -0.2) is 60.7 Å². The smallest absolute Gasteiger partial charge is 0.311 e. The highest BCUT2D eigenvalue weighted by Crippen LogP contribution is 2.09. The number of nitrogens with zero attached hydrogens (tertiary/aromatic N) is 2. The van der Waals surface area contributed by atoms with Crippen LogP contribution in [-0.2, 0) is 14.4 Å². The molecule has 20 heavy (non-hydrogen) atoms. The van der Waals surface area contributed by atoms with Gasteiger partial charge < -0.3 is 15.1 Å². The first-order valence-corrected chi connectivity index (χ1v) is 7.37. The topological polar surface area (TPSA) is 69.7 Å². The molecule has 0 spiro atoms. The van der Waals surface area contributed by atoms with Crippen LogP contribution in [0.3, 0.4) is 0 Å². The van der Waals surface area contributed by atoms with Gasteiger partial charge in [-0.15, -0.1) is 0 Å². The maximum absolute atomic E-state index is 11.7. The fourth-order valence-corrected chi connectivity index (χ4v) is 2.16. The van der Waals surface area contributed by atoms with Crippen LogP contribution < -0.4 is 5.32 Å². The summed E-state index contributed by atoms with van der Waals surface area (Å²) in [4.78, 5) is 38.0. The lowest BCUT2D eigenvalue weighted by Crippen LogP contribution is -2.42. The monoisotopic (exact) mass is 283 g/mol. The van der Waals surface area contributed by atoms with Crippen LogP contribution in [0.1, 0.15) is 39.0 Å². The van der Waals surface area contributed by atoms with Crippen LogP contribution in [0.4, 0.5) is 0 Å². The molecule has 0 aromatic heterocycles. The summed E-state index contributed by atoms with van der Waals surface area (Å²) in [6.07, 6.45) is 4.12. The van der Waals surface area contributed by atoms with Crippen molar-refractivity contribution in [1.29, 1.82) is 0 Å². The number of likely N-dealkylation sites (N-methyl/N-ethyl adjacent to an activating group) is 1. The number of hydrogen-bond acceptors (Lipinski definition) is 3. The average molecular weight is 283 g/mol. The van der Waals surface area contributed by atoms with Crippen LogP contribution in [0.15, 0.2) is 0 Å². The highest BCUT2D eigenvalue weighted by molar-refractivity contribution is 6.34. The van der Waals surface area contributed by atoms with Crippen molar-refractivity contribution in [2.75, 3.05) is 33.2 Å². The predicted octanol–water partition coefficient (Wildman–Crippen LogP) is 0.374. The lowest BCUT2D eigenvalue weighted by Gasteiger charge is -2.17. The molecule has 0 bridgehead atoms. The van der Waals surface area contributed by atoms with Gasteiger partial charge in [0.05, 0.1) is 0 Å². The van der Waals surface area contributed by atoms with E-state index in [0.29, 0.717) is 32.5 Å². The molecule has 1 aliphatic heterocycles. The molecule has 1 fully saturated rings. The predicted molar refractivity (Wildman–Crippen MR) is 76.0 cm³/mol. The van der Waals surface area contributed by atoms with Crippen molar-refractivity contribution >= 4 is 17.7 Å². The van der Waals surface area contributed by atoms with Crippen molar-refractivity contribution in [2.24, 2.45) is 0 Å². The summed E-state index contributed by atoms with van der Waals surface area (Å²) in [6, 6.07) is 0. The normalized spacial score (nSPS) is 14.5. The Morgan fingerprint density at radius 2 is 2.10 bits per heavy atom. The molecule has 1 heterocycles. The van der Waals surface area contributed by atoms with Gasteiger partial charge in [0, 0.05) is 39.6 Å². The summed E-state index contributed by atoms with van der Waals surface area (Å²) in [6.45, 7) is 4.53. The molecule has 1 saturated heterocycles. The molecule has 0 radical (unpaired) electrons. The van der Waals surface area contributed by atoms with E-state index >= 15 is 0 Å². The van der Waals surface area contributed by atoms with Crippen LogP contribution in [0.5, 0.6) is 0 Å². The van der Waals surface area contributed by atoms with Crippen molar-refractivity contribution in [1.82, 2.24) is 15.1 Å². The van der Waals surface area contributed by atoms with Gasteiger partial charge >= 0.3 is 11.8 Å². The molecule has 0 atom stereocenters. The van der Waals surface area contributed by atoms with Gasteiger partial charge in [-0.2, -0.15) is 0 Å². The number of hydrogen-bond donors (Lipinski definition) is 1. The summed E-state index contributed by atoms with van der Waals surface area (Å²) in [5.74, 6) is -0.862. The van der Waals surface area contributed by atoms with Crippen molar-refractivity contribution in [3.63, 3.8) is 0 Å². The third-order valence-electron chi connectivity index (χ3n) is 3.45. The number of carbonyl (C=O) groups is 3. The number of likely N-dealkylation sites (tertiary alicyclic amines) is 1. The Bertz CT molecular complexity index is 358. The molecule has 6 nitrogen and oxygen atoms in total. The Kier molecular flexibility index (Phi) is 7.04. The first-order chi connectivity index (χ1) is 9.56. The zero-order valence-corrected chi connectivity index (χ0v) is 12.5. The van der Waals surface area contributed by atoms with Gasteiger partial charge in [0.15, 0.2) is 0 Å². The minimum absolute atomic E-state index is 0.187. The molecule has 0 aromatic carbocycles. The van der Waals surface area contributed by atoms with E-state index in [-0.39, 0.29) is 5.91 Å². The maximum Gasteiger partial charge on any atom is 0.311 e. The lowest BCUT2D eigenvalue weighted by atomic mass is 10.3. The minimum atomic E-state index is -0.559. The zero-order valence-electron chi connectivity index (χ0n) is 12.5. The third-order valence-corrected chi connectivity index (χ3v) is 3.45. The number of carbonyl (C=O) groups excluding carboxylic acids is 3. The molecule has 0 unspecified atom stereocenters. The van der Waals surface area contributed by atoms with Crippen molar-refractivity contribution in [3.05, 3.63) is 0 Å². The van der Waals surface area contributed by atoms with Crippen LogP contribution in [0.2, 0.25) is 0 Å². The van der Waals surface area contributed by atoms with E-state index in [1.165, 1.54) is 4.90 Å². The first-order valence-electron chi connectivity index (χ1n) is 7.37. The van der Waals surface area contributed by atoms with E-state index in [4.69, 9.17) is 0 Å². The van der Waals surface area contributed by atoms with Gasteiger partial charge in [-0.05, 0) is 19.3 Å². The van der Waals surface area contributed by atoms with Crippen molar-refractivity contribution < 1.29 is 14.4 Å². The van der Waals surface area contributed by atoms with Gasteiger partial charge in [-0.25, -0.2) is 0 Å². The van der Waals surface area contributed by atoms with Gasteiger partial charge in [0.1, 0.15) is 0 Å². The molecule has 1 aliphatic rings. The highest BCUT2D eigenvalue weighted by Gasteiger charge is 2.20. The SMILES string of the molecule is CCCCN(C)C(=O)C(=O)NCCCN1CCCC1=O.